The smallest absolute Gasteiger partial charge is 0.138 e. The van der Waals surface area contributed by atoms with Crippen LogP contribution in [0.25, 0.3) is 0 Å². The van der Waals surface area contributed by atoms with Gasteiger partial charge in [0.2, 0.25) is 0 Å². The summed E-state index contributed by atoms with van der Waals surface area (Å²) >= 11 is 0. The van der Waals surface area contributed by atoms with E-state index in [1.807, 2.05) is 9.36 Å². The second kappa shape index (κ2) is 7.36. The van der Waals surface area contributed by atoms with E-state index in [-0.39, 0.29) is 0 Å². The van der Waals surface area contributed by atoms with Gasteiger partial charge in [-0.1, -0.05) is 13.8 Å². The van der Waals surface area contributed by atoms with Crippen LogP contribution in [0.5, 0.6) is 0 Å². The fourth-order valence-corrected chi connectivity index (χ4v) is 4.03. The summed E-state index contributed by atoms with van der Waals surface area (Å²) in [6.45, 7) is 9.59. The molecule has 2 aliphatic rings. The van der Waals surface area contributed by atoms with Crippen molar-refractivity contribution in [1.29, 1.82) is 0 Å². The molecule has 26 heavy (non-hydrogen) atoms. The van der Waals surface area contributed by atoms with E-state index in [0.717, 1.165) is 58.1 Å². The summed E-state index contributed by atoms with van der Waals surface area (Å²) < 4.78 is 9.61. The van der Waals surface area contributed by atoms with E-state index in [0.29, 0.717) is 12.0 Å². The molecule has 4 heterocycles. The molecular formula is C18H29N7O. The highest BCUT2D eigenvalue weighted by atomic mass is 16.5. The van der Waals surface area contributed by atoms with Gasteiger partial charge < -0.3 is 15.0 Å². The predicted molar refractivity (Wildman–Crippen MR) is 99.3 cm³/mol. The normalized spacial score (nSPS) is 20.6. The van der Waals surface area contributed by atoms with Crippen LogP contribution in [0, 0.1) is 0 Å². The minimum atomic E-state index is 0.404. The molecular weight excluding hydrogens is 330 g/mol. The molecule has 2 aromatic heterocycles. The van der Waals surface area contributed by atoms with Gasteiger partial charge in [-0.15, -0.1) is 0 Å². The quantitative estimate of drug-likeness (QED) is 0.861. The van der Waals surface area contributed by atoms with Crippen molar-refractivity contribution in [2.75, 3.05) is 31.2 Å². The van der Waals surface area contributed by atoms with Gasteiger partial charge in [0.25, 0.3) is 0 Å². The van der Waals surface area contributed by atoms with Crippen molar-refractivity contribution in [3.05, 3.63) is 23.4 Å². The second-order valence-electron chi connectivity index (χ2n) is 7.54. The Morgan fingerprint density at radius 2 is 2.12 bits per heavy atom. The Kier molecular flexibility index (Phi) is 4.95. The van der Waals surface area contributed by atoms with Gasteiger partial charge >= 0.3 is 0 Å². The third kappa shape index (κ3) is 3.35. The number of anilines is 1. The third-order valence-electron chi connectivity index (χ3n) is 5.37. The minimum Gasteiger partial charge on any atom is -0.378 e. The lowest BCUT2D eigenvalue weighted by Crippen LogP contribution is -2.40. The van der Waals surface area contributed by atoms with Crippen molar-refractivity contribution in [2.24, 2.45) is 7.05 Å². The first-order chi connectivity index (χ1) is 12.6. The minimum absolute atomic E-state index is 0.404. The van der Waals surface area contributed by atoms with Crippen LogP contribution in [0.15, 0.2) is 6.33 Å². The molecule has 0 radical (unpaired) electrons. The van der Waals surface area contributed by atoms with Gasteiger partial charge in [-0.25, -0.2) is 9.67 Å². The van der Waals surface area contributed by atoms with E-state index in [1.165, 1.54) is 17.1 Å². The topological polar surface area (TPSA) is 73.0 Å². The van der Waals surface area contributed by atoms with Crippen LogP contribution >= 0.6 is 0 Å². The molecule has 8 nitrogen and oxygen atoms in total. The molecule has 4 rings (SSSR count). The van der Waals surface area contributed by atoms with Gasteiger partial charge in [-0.2, -0.15) is 10.2 Å². The van der Waals surface area contributed by atoms with Gasteiger partial charge in [0, 0.05) is 44.7 Å². The number of hydrogen-bond donors (Lipinski definition) is 1. The molecule has 0 unspecified atom stereocenters. The number of nitrogens with one attached hydrogen (secondary N) is 1. The fourth-order valence-electron chi connectivity index (χ4n) is 4.03. The standard InChI is InChI=1S/C18H29N7O/c1-13(2)17-15(18(23(3)22-17)24-6-8-26-9-7-24)10-19-14-4-5-16-20-12-21-25(16)11-14/h12-14,19H,4-11H2,1-3H3/t14-/m1/s1. The Labute approximate surface area is 154 Å². The molecule has 1 saturated heterocycles. The number of hydrogen-bond acceptors (Lipinski definition) is 6. The molecule has 0 aromatic carbocycles. The summed E-state index contributed by atoms with van der Waals surface area (Å²) in [5.41, 5.74) is 2.52. The molecule has 1 fully saturated rings. The van der Waals surface area contributed by atoms with E-state index in [1.54, 1.807) is 6.33 Å². The summed E-state index contributed by atoms with van der Waals surface area (Å²) in [5.74, 6) is 2.74. The van der Waals surface area contributed by atoms with E-state index in [9.17, 15) is 0 Å². The Morgan fingerprint density at radius 3 is 2.88 bits per heavy atom. The van der Waals surface area contributed by atoms with Crippen LogP contribution in [-0.4, -0.2) is 56.9 Å². The Morgan fingerprint density at radius 1 is 1.31 bits per heavy atom. The Balaban J connectivity index is 1.53. The lowest BCUT2D eigenvalue weighted by Gasteiger charge is -2.30. The van der Waals surface area contributed by atoms with Crippen LogP contribution in [-0.2, 0) is 31.3 Å². The molecule has 2 aliphatic heterocycles. The maximum Gasteiger partial charge on any atom is 0.138 e. The van der Waals surface area contributed by atoms with E-state index in [4.69, 9.17) is 9.84 Å². The fraction of sp³-hybridized carbons (Fsp3) is 0.722. The van der Waals surface area contributed by atoms with Gasteiger partial charge in [0.15, 0.2) is 0 Å². The van der Waals surface area contributed by atoms with Gasteiger partial charge in [0.1, 0.15) is 18.0 Å². The number of morpholine rings is 1. The lowest BCUT2D eigenvalue weighted by atomic mass is 10.0. The Bertz CT molecular complexity index is 745. The van der Waals surface area contributed by atoms with Crippen molar-refractivity contribution >= 4 is 5.82 Å². The summed E-state index contributed by atoms with van der Waals surface area (Å²) in [7, 11) is 2.06. The van der Waals surface area contributed by atoms with E-state index >= 15 is 0 Å². The largest absolute Gasteiger partial charge is 0.378 e. The summed E-state index contributed by atoms with van der Waals surface area (Å²) in [6.07, 6.45) is 3.74. The third-order valence-corrected chi connectivity index (χ3v) is 5.37. The highest BCUT2D eigenvalue weighted by Crippen LogP contribution is 2.29. The molecule has 0 saturated carbocycles. The lowest BCUT2D eigenvalue weighted by molar-refractivity contribution is 0.122. The molecule has 8 heteroatoms. The number of fused-ring (bicyclic) bond motifs is 1. The number of nitrogens with zero attached hydrogens (tertiary/aromatic N) is 6. The summed E-state index contributed by atoms with van der Waals surface area (Å²) in [6, 6.07) is 0.418. The van der Waals surface area contributed by atoms with Crippen LogP contribution in [0.1, 0.15) is 43.3 Å². The van der Waals surface area contributed by atoms with E-state index in [2.05, 4.69) is 41.2 Å². The average Bonchev–Trinajstić information content (AvgIpc) is 3.24. The van der Waals surface area contributed by atoms with E-state index < -0.39 is 0 Å². The first-order valence-corrected chi connectivity index (χ1v) is 9.62. The van der Waals surface area contributed by atoms with Gasteiger partial charge in [-0.3, -0.25) is 4.68 Å². The van der Waals surface area contributed by atoms with Crippen LogP contribution in [0.2, 0.25) is 0 Å². The number of ether oxygens (including phenoxy) is 1. The van der Waals surface area contributed by atoms with Crippen molar-refractivity contribution in [2.45, 2.75) is 51.7 Å². The molecule has 1 N–H and O–H groups in total. The van der Waals surface area contributed by atoms with Crippen molar-refractivity contribution < 1.29 is 4.74 Å². The Hall–Kier alpha value is -1.93. The zero-order valence-electron chi connectivity index (χ0n) is 16.0. The SMILES string of the molecule is CC(C)c1nn(C)c(N2CCOCC2)c1CN[C@@H]1CCc2ncnn2C1. The number of aromatic nitrogens is 5. The van der Waals surface area contributed by atoms with Crippen LogP contribution < -0.4 is 10.2 Å². The van der Waals surface area contributed by atoms with Crippen LogP contribution in [0.3, 0.4) is 0 Å². The zero-order valence-corrected chi connectivity index (χ0v) is 16.0. The highest BCUT2D eigenvalue weighted by molar-refractivity contribution is 5.51. The average molecular weight is 359 g/mol. The molecule has 142 valence electrons. The van der Waals surface area contributed by atoms with Crippen molar-refractivity contribution in [3.8, 4) is 0 Å². The first kappa shape index (κ1) is 17.5. The maximum absolute atomic E-state index is 5.53. The zero-order chi connectivity index (χ0) is 18.1. The molecule has 1 atom stereocenters. The molecule has 2 aromatic rings. The molecule has 0 bridgehead atoms. The molecule has 0 amide bonds. The summed E-state index contributed by atoms with van der Waals surface area (Å²) in [4.78, 5) is 6.73. The van der Waals surface area contributed by atoms with Crippen molar-refractivity contribution in [1.82, 2.24) is 29.9 Å². The maximum atomic E-state index is 5.53. The van der Waals surface area contributed by atoms with Gasteiger partial charge in [0.05, 0.1) is 25.5 Å². The molecule has 0 aliphatic carbocycles. The van der Waals surface area contributed by atoms with Crippen LogP contribution in [0.4, 0.5) is 5.82 Å². The summed E-state index contributed by atoms with van der Waals surface area (Å²) in [5, 5.41) is 12.9. The van der Waals surface area contributed by atoms with Crippen molar-refractivity contribution in [3.63, 3.8) is 0 Å². The van der Waals surface area contributed by atoms with Gasteiger partial charge in [-0.05, 0) is 12.3 Å². The molecule has 0 spiro atoms. The second-order valence-corrected chi connectivity index (χ2v) is 7.54. The number of rotatable bonds is 5. The first-order valence-electron chi connectivity index (χ1n) is 9.62. The monoisotopic (exact) mass is 359 g/mol. The highest BCUT2D eigenvalue weighted by Gasteiger charge is 2.26. The number of aryl methyl sites for hydroxylation is 2. The predicted octanol–water partition coefficient (Wildman–Crippen LogP) is 1.08.